The SMILES string of the molecule is CCCCCN=C(N)Nc1ccc(C)cc1. The minimum Gasteiger partial charge on any atom is -0.370 e. The molecule has 0 saturated heterocycles. The summed E-state index contributed by atoms with van der Waals surface area (Å²) in [5.41, 5.74) is 7.99. The van der Waals surface area contributed by atoms with Crippen molar-refractivity contribution >= 4 is 11.6 Å². The highest BCUT2D eigenvalue weighted by atomic mass is 15.1. The summed E-state index contributed by atoms with van der Waals surface area (Å²) in [5, 5.41) is 3.07. The van der Waals surface area contributed by atoms with E-state index in [0.717, 1.165) is 18.7 Å². The van der Waals surface area contributed by atoms with Gasteiger partial charge >= 0.3 is 0 Å². The molecule has 0 unspecified atom stereocenters. The third-order valence-electron chi connectivity index (χ3n) is 2.37. The Kier molecular flexibility index (Phi) is 5.40. The molecule has 0 bridgehead atoms. The molecule has 0 heterocycles. The molecule has 1 aromatic rings. The number of nitrogens with one attached hydrogen (secondary N) is 1. The van der Waals surface area contributed by atoms with Crippen LogP contribution in [0.3, 0.4) is 0 Å². The van der Waals surface area contributed by atoms with Crippen LogP contribution < -0.4 is 11.1 Å². The molecule has 0 aliphatic rings. The van der Waals surface area contributed by atoms with Crippen molar-refractivity contribution in [2.75, 3.05) is 11.9 Å². The Morgan fingerprint density at radius 1 is 1.25 bits per heavy atom. The fourth-order valence-corrected chi connectivity index (χ4v) is 1.39. The highest BCUT2D eigenvalue weighted by molar-refractivity contribution is 5.92. The molecule has 0 aromatic heterocycles. The van der Waals surface area contributed by atoms with E-state index in [1.54, 1.807) is 0 Å². The second-order valence-corrected chi connectivity index (χ2v) is 3.97. The van der Waals surface area contributed by atoms with Gasteiger partial charge in [-0.25, -0.2) is 0 Å². The van der Waals surface area contributed by atoms with Gasteiger partial charge in [-0.3, -0.25) is 4.99 Å². The molecular weight excluding hydrogens is 198 g/mol. The lowest BCUT2D eigenvalue weighted by atomic mass is 10.2. The minimum absolute atomic E-state index is 0.500. The van der Waals surface area contributed by atoms with Gasteiger partial charge in [-0.05, 0) is 25.5 Å². The van der Waals surface area contributed by atoms with E-state index in [1.165, 1.54) is 18.4 Å². The number of benzene rings is 1. The maximum atomic E-state index is 5.76. The number of aliphatic imine (C=N–C) groups is 1. The van der Waals surface area contributed by atoms with E-state index in [4.69, 9.17) is 5.73 Å². The van der Waals surface area contributed by atoms with Crippen molar-refractivity contribution < 1.29 is 0 Å². The second-order valence-electron chi connectivity index (χ2n) is 3.97. The number of guanidine groups is 1. The zero-order valence-electron chi connectivity index (χ0n) is 10.2. The minimum atomic E-state index is 0.500. The molecule has 3 N–H and O–H groups in total. The van der Waals surface area contributed by atoms with E-state index < -0.39 is 0 Å². The van der Waals surface area contributed by atoms with Crippen molar-refractivity contribution in [3.8, 4) is 0 Å². The number of hydrogen-bond acceptors (Lipinski definition) is 1. The van der Waals surface area contributed by atoms with Crippen molar-refractivity contribution in [1.29, 1.82) is 0 Å². The summed E-state index contributed by atoms with van der Waals surface area (Å²) in [6, 6.07) is 8.10. The Morgan fingerprint density at radius 2 is 1.94 bits per heavy atom. The summed E-state index contributed by atoms with van der Waals surface area (Å²) < 4.78 is 0. The highest BCUT2D eigenvalue weighted by Gasteiger charge is 1.94. The van der Waals surface area contributed by atoms with Gasteiger partial charge in [-0.1, -0.05) is 37.5 Å². The van der Waals surface area contributed by atoms with Crippen LogP contribution in [0, 0.1) is 6.92 Å². The number of anilines is 1. The zero-order chi connectivity index (χ0) is 11.8. The molecule has 16 heavy (non-hydrogen) atoms. The molecule has 3 nitrogen and oxygen atoms in total. The van der Waals surface area contributed by atoms with Crippen LogP contribution in [0.15, 0.2) is 29.3 Å². The molecule has 0 spiro atoms. The standard InChI is InChI=1S/C13H21N3/c1-3-4-5-10-15-13(14)16-12-8-6-11(2)7-9-12/h6-9H,3-5,10H2,1-2H3,(H3,14,15,16). The van der Waals surface area contributed by atoms with Crippen LogP contribution in [0.25, 0.3) is 0 Å². The van der Waals surface area contributed by atoms with Crippen LogP contribution in [-0.2, 0) is 0 Å². The maximum absolute atomic E-state index is 5.76. The number of nitrogens with zero attached hydrogens (tertiary/aromatic N) is 1. The normalized spacial score (nSPS) is 11.5. The molecule has 1 aromatic carbocycles. The molecule has 3 heteroatoms. The van der Waals surface area contributed by atoms with Crippen LogP contribution in [-0.4, -0.2) is 12.5 Å². The number of nitrogens with two attached hydrogens (primary N) is 1. The average molecular weight is 219 g/mol. The fourth-order valence-electron chi connectivity index (χ4n) is 1.39. The van der Waals surface area contributed by atoms with Gasteiger partial charge in [-0.2, -0.15) is 0 Å². The van der Waals surface area contributed by atoms with E-state index in [-0.39, 0.29) is 0 Å². The van der Waals surface area contributed by atoms with Crippen LogP contribution in [0.1, 0.15) is 31.7 Å². The molecule has 1 rings (SSSR count). The Balaban J connectivity index is 2.38. The Morgan fingerprint density at radius 3 is 2.56 bits per heavy atom. The Labute approximate surface area is 97.8 Å². The smallest absolute Gasteiger partial charge is 0.193 e. The van der Waals surface area contributed by atoms with Gasteiger partial charge in [0.25, 0.3) is 0 Å². The third kappa shape index (κ3) is 4.82. The first-order chi connectivity index (χ1) is 7.72. The van der Waals surface area contributed by atoms with Crippen molar-refractivity contribution in [2.45, 2.75) is 33.1 Å². The number of rotatable bonds is 5. The van der Waals surface area contributed by atoms with Gasteiger partial charge < -0.3 is 11.1 Å². The lowest BCUT2D eigenvalue weighted by molar-refractivity contribution is 0.727. The predicted molar refractivity (Wildman–Crippen MR) is 70.8 cm³/mol. The van der Waals surface area contributed by atoms with Crippen LogP contribution in [0.5, 0.6) is 0 Å². The van der Waals surface area contributed by atoms with Gasteiger partial charge in [0, 0.05) is 12.2 Å². The summed E-state index contributed by atoms with van der Waals surface area (Å²) in [6.07, 6.45) is 3.52. The van der Waals surface area contributed by atoms with E-state index in [0.29, 0.717) is 5.96 Å². The van der Waals surface area contributed by atoms with E-state index in [9.17, 15) is 0 Å². The van der Waals surface area contributed by atoms with E-state index >= 15 is 0 Å². The quantitative estimate of drug-likeness (QED) is 0.454. The number of aryl methyl sites for hydroxylation is 1. The Hall–Kier alpha value is -1.51. The summed E-state index contributed by atoms with van der Waals surface area (Å²) >= 11 is 0. The van der Waals surface area contributed by atoms with Crippen molar-refractivity contribution in [1.82, 2.24) is 0 Å². The molecular formula is C13H21N3. The van der Waals surface area contributed by atoms with Crippen LogP contribution in [0.4, 0.5) is 5.69 Å². The lowest BCUT2D eigenvalue weighted by Crippen LogP contribution is -2.22. The fraction of sp³-hybridized carbons (Fsp3) is 0.462. The zero-order valence-corrected chi connectivity index (χ0v) is 10.2. The maximum Gasteiger partial charge on any atom is 0.193 e. The first-order valence-corrected chi connectivity index (χ1v) is 5.86. The van der Waals surface area contributed by atoms with Crippen molar-refractivity contribution in [3.63, 3.8) is 0 Å². The largest absolute Gasteiger partial charge is 0.370 e. The molecule has 0 fully saturated rings. The van der Waals surface area contributed by atoms with E-state index in [2.05, 4.69) is 24.2 Å². The van der Waals surface area contributed by atoms with E-state index in [1.807, 2.05) is 24.3 Å². The number of hydrogen-bond donors (Lipinski definition) is 2. The second kappa shape index (κ2) is 6.88. The summed E-state index contributed by atoms with van der Waals surface area (Å²) in [4.78, 5) is 4.26. The Bertz CT molecular complexity index is 328. The molecule has 0 aliphatic carbocycles. The average Bonchev–Trinajstić information content (AvgIpc) is 2.28. The van der Waals surface area contributed by atoms with Gasteiger partial charge in [0.2, 0.25) is 0 Å². The number of unbranched alkanes of at least 4 members (excludes halogenated alkanes) is 2. The van der Waals surface area contributed by atoms with Gasteiger partial charge in [0.1, 0.15) is 0 Å². The highest BCUT2D eigenvalue weighted by Crippen LogP contribution is 2.07. The first kappa shape index (κ1) is 12.6. The molecule has 0 saturated carbocycles. The van der Waals surface area contributed by atoms with Gasteiger partial charge in [0.15, 0.2) is 5.96 Å². The lowest BCUT2D eigenvalue weighted by Gasteiger charge is -2.05. The predicted octanol–water partition coefficient (Wildman–Crippen LogP) is 2.91. The summed E-state index contributed by atoms with van der Waals surface area (Å²) in [6.45, 7) is 5.04. The molecule has 0 atom stereocenters. The van der Waals surface area contributed by atoms with Crippen LogP contribution >= 0.6 is 0 Å². The first-order valence-electron chi connectivity index (χ1n) is 5.86. The van der Waals surface area contributed by atoms with Crippen LogP contribution in [0.2, 0.25) is 0 Å². The monoisotopic (exact) mass is 219 g/mol. The van der Waals surface area contributed by atoms with Crippen molar-refractivity contribution in [2.24, 2.45) is 10.7 Å². The topological polar surface area (TPSA) is 50.4 Å². The van der Waals surface area contributed by atoms with Gasteiger partial charge in [0.05, 0.1) is 0 Å². The molecule has 0 aliphatic heterocycles. The summed E-state index contributed by atoms with van der Waals surface area (Å²) in [5.74, 6) is 0.500. The van der Waals surface area contributed by atoms with Gasteiger partial charge in [-0.15, -0.1) is 0 Å². The molecule has 88 valence electrons. The summed E-state index contributed by atoms with van der Waals surface area (Å²) in [7, 11) is 0. The molecule has 0 radical (unpaired) electrons. The van der Waals surface area contributed by atoms with Crippen molar-refractivity contribution in [3.05, 3.63) is 29.8 Å². The molecule has 0 amide bonds. The third-order valence-corrected chi connectivity index (χ3v) is 2.37.